The van der Waals surface area contributed by atoms with E-state index in [0.29, 0.717) is 6.42 Å². The van der Waals surface area contributed by atoms with Gasteiger partial charge in [0, 0.05) is 0 Å². The predicted molar refractivity (Wildman–Crippen MR) is 61.4 cm³/mol. The Morgan fingerprint density at radius 2 is 1.31 bits per heavy atom. The van der Waals surface area contributed by atoms with Gasteiger partial charge >= 0.3 is 11.9 Å². The van der Waals surface area contributed by atoms with Crippen LogP contribution in [0.3, 0.4) is 0 Å². The summed E-state index contributed by atoms with van der Waals surface area (Å²) in [6, 6.07) is 0. The van der Waals surface area contributed by atoms with Gasteiger partial charge in [0.25, 0.3) is 0 Å². The molecule has 0 aliphatic heterocycles. The van der Waals surface area contributed by atoms with Crippen LogP contribution in [0, 0.1) is 5.92 Å². The first-order valence-electron chi connectivity index (χ1n) is 6.05. The second kappa shape index (κ2) is 9.19. The summed E-state index contributed by atoms with van der Waals surface area (Å²) in [6.45, 7) is 2.16. The molecule has 2 N–H and O–H groups in total. The highest BCUT2D eigenvalue weighted by Gasteiger charge is 2.24. The van der Waals surface area contributed by atoms with E-state index in [1.165, 1.54) is 25.7 Å². The number of hydrogen-bond acceptors (Lipinski definition) is 2. The average Bonchev–Trinajstić information content (AvgIpc) is 2.21. The first-order chi connectivity index (χ1) is 7.59. The number of carbonyl (C=O) groups is 2. The average molecular weight is 230 g/mol. The van der Waals surface area contributed by atoms with Gasteiger partial charge in [0.05, 0.1) is 0 Å². The van der Waals surface area contributed by atoms with Crippen molar-refractivity contribution in [2.45, 2.75) is 58.3 Å². The molecule has 0 atom stereocenters. The second-order valence-corrected chi connectivity index (χ2v) is 4.14. The van der Waals surface area contributed by atoms with Crippen molar-refractivity contribution in [1.82, 2.24) is 0 Å². The Hall–Kier alpha value is -1.06. The van der Waals surface area contributed by atoms with Gasteiger partial charge in [-0.25, -0.2) is 0 Å². The predicted octanol–water partition coefficient (Wildman–Crippen LogP) is 2.91. The van der Waals surface area contributed by atoms with Crippen LogP contribution in [0.5, 0.6) is 0 Å². The molecule has 0 amide bonds. The van der Waals surface area contributed by atoms with Crippen molar-refractivity contribution in [3.05, 3.63) is 0 Å². The van der Waals surface area contributed by atoms with Gasteiger partial charge in [-0.3, -0.25) is 9.59 Å². The minimum Gasteiger partial charge on any atom is -0.481 e. The minimum atomic E-state index is -1.23. The first-order valence-corrected chi connectivity index (χ1v) is 6.05. The monoisotopic (exact) mass is 230 g/mol. The zero-order valence-electron chi connectivity index (χ0n) is 9.95. The van der Waals surface area contributed by atoms with Crippen molar-refractivity contribution in [1.29, 1.82) is 0 Å². The maximum absolute atomic E-state index is 10.6. The fraction of sp³-hybridized carbons (Fsp3) is 0.833. The number of aliphatic carboxylic acids is 2. The third kappa shape index (κ3) is 7.26. The SMILES string of the molecule is CCCCCCCCCC(C(=O)O)C(=O)O. The summed E-state index contributed by atoms with van der Waals surface area (Å²) in [7, 11) is 0. The van der Waals surface area contributed by atoms with Gasteiger partial charge in [0.2, 0.25) is 0 Å². The van der Waals surface area contributed by atoms with E-state index < -0.39 is 17.9 Å². The highest BCUT2D eigenvalue weighted by molar-refractivity contribution is 5.92. The molecule has 0 saturated heterocycles. The van der Waals surface area contributed by atoms with Crippen LogP contribution in [-0.4, -0.2) is 22.2 Å². The topological polar surface area (TPSA) is 74.6 Å². The van der Waals surface area contributed by atoms with Gasteiger partial charge in [0.15, 0.2) is 5.92 Å². The zero-order chi connectivity index (χ0) is 12.4. The Bertz CT molecular complexity index is 199. The van der Waals surface area contributed by atoms with Gasteiger partial charge in [-0.15, -0.1) is 0 Å². The maximum Gasteiger partial charge on any atom is 0.317 e. The van der Waals surface area contributed by atoms with Crippen molar-refractivity contribution in [2.75, 3.05) is 0 Å². The number of hydrogen-bond donors (Lipinski definition) is 2. The van der Waals surface area contributed by atoms with Crippen LogP contribution >= 0.6 is 0 Å². The molecule has 4 nitrogen and oxygen atoms in total. The van der Waals surface area contributed by atoms with Crippen LogP contribution < -0.4 is 0 Å². The number of carboxylic acid groups (broad SMARTS) is 2. The van der Waals surface area contributed by atoms with E-state index >= 15 is 0 Å². The standard InChI is InChI=1S/C12H22O4/c1-2-3-4-5-6-7-8-9-10(11(13)14)12(15)16/h10H,2-9H2,1H3,(H,13,14)(H,15,16). The quantitative estimate of drug-likeness (QED) is 0.447. The minimum absolute atomic E-state index is 0.248. The summed E-state index contributed by atoms with van der Waals surface area (Å²) < 4.78 is 0. The van der Waals surface area contributed by atoms with E-state index in [0.717, 1.165) is 12.8 Å². The van der Waals surface area contributed by atoms with Gasteiger partial charge < -0.3 is 10.2 Å². The molecular formula is C12H22O4. The molecule has 0 aromatic rings. The van der Waals surface area contributed by atoms with E-state index in [2.05, 4.69) is 6.92 Å². The highest BCUT2D eigenvalue weighted by atomic mass is 16.4. The Balaban J connectivity index is 3.48. The van der Waals surface area contributed by atoms with Crippen LogP contribution in [0.4, 0.5) is 0 Å². The van der Waals surface area contributed by atoms with E-state index in [9.17, 15) is 9.59 Å². The number of unbranched alkanes of at least 4 members (excludes halogenated alkanes) is 6. The molecule has 0 fully saturated rings. The van der Waals surface area contributed by atoms with E-state index in [-0.39, 0.29) is 6.42 Å². The maximum atomic E-state index is 10.6. The van der Waals surface area contributed by atoms with Crippen molar-refractivity contribution < 1.29 is 19.8 Å². The fourth-order valence-corrected chi connectivity index (χ4v) is 1.66. The van der Waals surface area contributed by atoms with E-state index in [1.54, 1.807) is 0 Å². The fourth-order valence-electron chi connectivity index (χ4n) is 1.66. The summed E-state index contributed by atoms with van der Waals surface area (Å²) in [5, 5.41) is 17.3. The first kappa shape index (κ1) is 14.9. The van der Waals surface area contributed by atoms with Crippen molar-refractivity contribution >= 4 is 11.9 Å². The number of rotatable bonds is 10. The third-order valence-corrected chi connectivity index (χ3v) is 2.69. The zero-order valence-corrected chi connectivity index (χ0v) is 9.95. The van der Waals surface area contributed by atoms with Gasteiger partial charge in [-0.05, 0) is 6.42 Å². The summed E-state index contributed by atoms with van der Waals surface area (Å²) in [5.41, 5.74) is 0. The van der Waals surface area contributed by atoms with Crippen molar-refractivity contribution in [3.8, 4) is 0 Å². The molecule has 0 rings (SSSR count). The Kier molecular flexibility index (Phi) is 8.58. The molecule has 0 spiro atoms. The molecule has 0 aromatic heterocycles. The molecule has 16 heavy (non-hydrogen) atoms. The molecule has 0 unspecified atom stereocenters. The molecule has 0 saturated carbocycles. The lowest BCUT2D eigenvalue weighted by Gasteiger charge is -2.06. The van der Waals surface area contributed by atoms with Crippen LogP contribution in [-0.2, 0) is 9.59 Å². The van der Waals surface area contributed by atoms with Crippen LogP contribution in [0.1, 0.15) is 58.3 Å². The van der Waals surface area contributed by atoms with Gasteiger partial charge in [-0.1, -0.05) is 51.9 Å². The normalized spacial score (nSPS) is 10.6. The van der Waals surface area contributed by atoms with E-state index in [1.807, 2.05) is 0 Å². The largest absolute Gasteiger partial charge is 0.481 e. The second-order valence-electron chi connectivity index (χ2n) is 4.14. The Labute approximate surface area is 96.7 Å². The Morgan fingerprint density at radius 3 is 1.75 bits per heavy atom. The lowest BCUT2D eigenvalue weighted by Crippen LogP contribution is -2.23. The number of carboxylic acids is 2. The summed E-state index contributed by atoms with van der Waals surface area (Å²) in [5.74, 6) is -3.67. The molecule has 0 aromatic carbocycles. The van der Waals surface area contributed by atoms with Crippen molar-refractivity contribution in [3.63, 3.8) is 0 Å². The lowest BCUT2D eigenvalue weighted by molar-refractivity contribution is -0.154. The van der Waals surface area contributed by atoms with Crippen LogP contribution in [0.2, 0.25) is 0 Å². The van der Waals surface area contributed by atoms with Gasteiger partial charge in [0.1, 0.15) is 0 Å². The molecule has 0 heterocycles. The molecule has 0 radical (unpaired) electrons. The molecule has 4 heteroatoms. The summed E-state index contributed by atoms with van der Waals surface area (Å²) in [4.78, 5) is 21.1. The van der Waals surface area contributed by atoms with Gasteiger partial charge in [-0.2, -0.15) is 0 Å². The highest BCUT2D eigenvalue weighted by Crippen LogP contribution is 2.13. The smallest absolute Gasteiger partial charge is 0.317 e. The Morgan fingerprint density at radius 1 is 0.875 bits per heavy atom. The summed E-state index contributed by atoms with van der Waals surface area (Å²) >= 11 is 0. The molecule has 0 aliphatic carbocycles. The lowest BCUT2D eigenvalue weighted by atomic mass is 10.0. The third-order valence-electron chi connectivity index (χ3n) is 2.69. The van der Waals surface area contributed by atoms with Crippen LogP contribution in [0.25, 0.3) is 0 Å². The molecular weight excluding hydrogens is 208 g/mol. The molecule has 0 bridgehead atoms. The molecule has 94 valence electrons. The summed E-state index contributed by atoms with van der Waals surface area (Å²) in [6.07, 6.45) is 7.78. The van der Waals surface area contributed by atoms with E-state index in [4.69, 9.17) is 10.2 Å². The molecule has 0 aliphatic rings. The van der Waals surface area contributed by atoms with Crippen LogP contribution in [0.15, 0.2) is 0 Å². The van der Waals surface area contributed by atoms with Crippen molar-refractivity contribution in [2.24, 2.45) is 5.92 Å².